The number of amides is 1. The average Bonchev–Trinajstić information content (AvgIpc) is 3.18. The van der Waals surface area contributed by atoms with Crippen molar-refractivity contribution >= 4 is 5.91 Å². The molecule has 2 aromatic rings. The highest BCUT2D eigenvalue weighted by Crippen LogP contribution is 2.43. The summed E-state index contributed by atoms with van der Waals surface area (Å²) < 4.78 is 85.7. The molecule has 1 spiro atoms. The van der Waals surface area contributed by atoms with Gasteiger partial charge in [0.25, 0.3) is 0 Å². The summed E-state index contributed by atoms with van der Waals surface area (Å²) in [5.74, 6) is -0.00565. The Balaban J connectivity index is 1.58. The lowest BCUT2D eigenvalue weighted by Crippen LogP contribution is -2.56. The molecule has 1 amide bonds. The molecule has 2 aromatic carbocycles. The fourth-order valence-corrected chi connectivity index (χ4v) is 4.85. The minimum Gasteiger partial charge on any atom is -0.372 e. The van der Waals surface area contributed by atoms with Crippen molar-refractivity contribution in [2.75, 3.05) is 19.7 Å². The molecule has 2 aliphatic heterocycles. The van der Waals surface area contributed by atoms with E-state index in [2.05, 4.69) is 10.6 Å². The highest BCUT2D eigenvalue weighted by Gasteiger charge is 2.47. The number of benzene rings is 2. The molecule has 1 unspecified atom stereocenters. The van der Waals surface area contributed by atoms with E-state index in [1.54, 1.807) is 0 Å². The lowest BCUT2D eigenvalue weighted by atomic mass is 9.71. The summed E-state index contributed by atoms with van der Waals surface area (Å²) in [6, 6.07) is 10.9. The Morgan fingerprint density at radius 1 is 0.943 bits per heavy atom. The second-order valence-electron chi connectivity index (χ2n) is 9.55. The summed E-state index contributed by atoms with van der Waals surface area (Å²) in [7, 11) is 0. The van der Waals surface area contributed by atoms with Crippen LogP contribution in [0.15, 0.2) is 48.5 Å². The summed E-state index contributed by atoms with van der Waals surface area (Å²) in [5, 5.41) is 6.36. The van der Waals surface area contributed by atoms with Gasteiger partial charge in [-0.25, -0.2) is 0 Å². The predicted molar refractivity (Wildman–Crippen MR) is 116 cm³/mol. The number of alkyl halides is 6. The molecule has 3 atom stereocenters. The van der Waals surface area contributed by atoms with Crippen LogP contribution in [-0.2, 0) is 27.4 Å². The molecule has 0 radical (unpaired) electrons. The summed E-state index contributed by atoms with van der Waals surface area (Å²) >= 11 is 0. The summed E-state index contributed by atoms with van der Waals surface area (Å²) in [6.07, 6.45) is -9.15. The van der Waals surface area contributed by atoms with Gasteiger partial charge in [-0.15, -0.1) is 0 Å². The van der Waals surface area contributed by atoms with Gasteiger partial charge in [-0.3, -0.25) is 4.79 Å². The number of halogens is 6. The van der Waals surface area contributed by atoms with Crippen LogP contribution in [-0.4, -0.2) is 25.6 Å². The Labute approximate surface area is 199 Å². The van der Waals surface area contributed by atoms with Gasteiger partial charge < -0.3 is 15.4 Å². The third kappa shape index (κ3) is 5.48. The van der Waals surface area contributed by atoms with Crippen LogP contribution in [0, 0.1) is 5.41 Å². The third-order valence-electron chi connectivity index (χ3n) is 7.07. The first-order valence-electron chi connectivity index (χ1n) is 11.3. The maximum absolute atomic E-state index is 13.3. The molecule has 2 aliphatic rings. The minimum atomic E-state index is -4.92. The zero-order chi connectivity index (χ0) is 25.5. The van der Waals surface area contributed by atoms with Crippen LogP contribution in [0.25, 0.3) is 0 Å². The maximum Gasteiger partial charge on any atom is 0.416 e. The molecule has 190 valence electrons. The van der Waals surface area contributed by atoms with E-state index >= 15 is 0 Å². The van der Waals surface area contributed by atoms with E-state index in [0.29, 0.717) is 44.5 Å². The first-order chi connectivity index (χ1) is 16.3. The Hall–Kier alpha value is -2.59. The second-order valence-corrected chi connectivity index (χ2v) is 9.55. The highest BCUT2D eigenvalue weighted by molar-refractivity contribution is 5.79. The average molecular weight is 500 g/mol. The minimum absolute atomic E-state index is 0.00565. The van der Waals surface area contributed by atoms with Gasteiger partial charge in [-0.2, -0.15) is 26.3 Å². The van der Waals surface area contributed by atoms with Crippen LogP contribution in [0.5, 0.6) is 0 Å². The largest absolute Gasteiger partial charge is 0.416 e. The molecule has 2 N–H and O–H groups in total. The van der Waals surface area contributed by atoms with Crippen molar-refractivity contribution in [3.8, 4) is 0 Å². The van der Waals surface area contributed by atoms with Crippen LogP contribution in [0.2, 0.25) is 0 Å². The van der Waals surface area contributed by atoms with E-state index in [1.165, 1.54) is 6.92 Å². The monoisotopic (exact) mass is 500 g/mol. The van der Waals surface area contributed by atoms with Crippen molar-refractivity contribution in [1.82, 2.24) is 10.6 Å². The van der Waals surface area contributed by atoms with Crippen LogP contribution in [0.3, 0.4) is 0 Å². The number of rotatable bonds is 5. The van der Waals surface area contributed by atoms with E-state index in [1.807, 2.05) is 30.3 Å². The Morgan fingerprint density at radius 2 is 1.57 bits per heavy atom. The van der Waals surface area contributed by atoms with Crippen LogP contribution < -0.4 is 10.6 Å². The Kier molecular flexibility index (Phi) is 6.65. The third-order valence-corrected chi connectivity index (χ3v) is 7.07. The molecule has 4 nitrogen and oxygen atoms in total. The molecule has 2 fully saturated rings. The van der Waals surface area contributed by atoms with Gasteiger partial charge in [0.15, 0.2) is 0 Å². The van der Waals surface area contributed by atoms with E-state index in [0.717, 1.165) is 5.56 Å². The van der Waals surface area contributed by atoms with Crippen molar-refractivity contribution in [1.29, 1.82) is 0 Å². The summed E-state index contributed by atoms with van der Waals surface area (Å²) in [4.78, 5) is 11.8. The molecule has 4 rings (SSSR count). The van der Waals surface area contributed by atoms with Crippen LogP contribution in [0.1, 0.15) is 54.5 Å². The number of ether oxygens (including phenoxy) is 1. The lowest BCUT2D eigenvalue weighted by Gasteiger charge is -2.46. The van der Waals surface area contributed by atoms with E-state index in [9.17, 15) is 31.1 Å². The Bertz CT molecular complexity index is 1030. The standard InChI is InChI=1S/C25H26F6N2O2/c1-16(17-9-19(24(26,27)28)11-20(10-17)25(29,30)31)35-15-23(18-5-3-2-4-6-18)8-7-22(14-33-23)12-21(34)32-13-22/h2-6,9-11,16,33H,7-8,12-15H2,1H3,(H,32,34)/t16?,22-,23-/m1/s1. The summed E-state index contributed by atoms with van der Waals surface area (Å²) in [5.41, 5.74) is -2.95. The fourth-order valence-electron chi connectivity index (χ4n) is 4.85. The molecular weight excluding hydrogens is 474 g/mol. The number of hydrogen-bond donors (Lipinski definition) is 2. The number of carbonyl (C=O) groups is 1. The molecule has 10 heteroatoms. The topological polar surface area (TPSA) is 50.4 Å². The predicted octanol–water partition coefficient (Wildman–Crippen LogP) is 5.59. The van der Waals surface area contributed by atoms with Gasteiger partial charge in [0, 0.05) is 24.9 Å². The molecule has 0 bridgehead atoms. The van der Waals surface area contributed by atoms with Crippen molar-refractivity contribution in [2.45, 2.75) is 50.2 Å². The molecule has 2 heterocycles. The van der Waals surface area contributed by atoms with Gasteiger partial charge in [0.05, 0.1) is 29.4 Å². The highest BCUT2D eigenvalue weighted by atomic mass is 19.4. The lowest BCUT2D eigenvalue weighted by molar-refractivity contribution is -0.143. The van der Waals surface area contributed by atoms with Gasteiger partial charge in [-0.1, -0.05) is 30.3 Å². The van der Waals surface area contributed by atoms with E-state index < -0.39 is 35.1 Å². The van der Waals surface area contributed by atoms with Crippen LogP contribution >= 0.6 is 0 Å². The van der Waals surface area contributed by atoms with Crippen molar-refractivity contribution in [3.05, 3.63) is 70.8 Å². The maximum atomic E-state index is 13.3. The van der Waals surface area contributed by atoms with Crippen LogP contribution in [0.4, 0.5) is 26.3 Å². The molecule has 2 saturated heterocycles. The normalized spacial score (nSPS) is 26.1. The van der Waals surface area contributed by atoms with Crippen molar-refractivity contribution in [2.24, 2.45) is 5.41 Å². The number of hydrogen-bond acceptors (Lipinski definition) is 3. The van der Waals surface area contributed by atoms with Gasteiger partial charge >= 0.3 is 12.4 Å². The number of nitrogens with one attached hydrogen (secondary N) is 2. The Morgan fingerprint density at radius 3 is 2.06 bits per heavy atom. The molecular formula is C25H26F6N2O2. The van der Waals surface area contributed by atoms with E-state index in [-0.39, 0.29) is 29.6 Å². The molecule has 0 saturated carbocycles. The van der Waals surface area contributed by atoms with Gasteiger partial charge in [0.2, 0.25) is 5.91 Å². The number of piperidine rings is 1. The van der Waals surface area contributed by atoms with E-state index in [4.69, 9.17) is 4.74 Å². The SMILES string of the molecule is CC(OC[C@@]1(c2ccccc2)CC[C@@]2(CNC(=O)C2)CN1)c1cc(C(F)(F)F)cc(C(F)(F)F)c1. The first-order valence-corrected chi connectivity index (χ1v) is 11.3. The summed E-state index contributed by atoms with van der Waals surface area (Å²) in [6.45, 7) is 2.57. The molecule has 0 aliphatic carbocycles. The molecule has 35 heavy (non-hydrogen) atoms. The van der Waals surface area contributed by atoms with Crippen molar-refractivity contribution in [3.63, 3.8) is 0 Å². The molecule has 0 aromatic heterocycles. The first kappa shape index (κ1) is 25.5. The second kappa shape index (κ2) is 9.13. The zero-order valence-electron chi connectivity index (χ0n) is 19.0. The smallest absolute Gasteiger partial charge is 0.372 e. The zero-order valence-corrected chi connectivity index (χ0v) is 19.0. The number of carbonyl (C=O) groups excluding carboxylic acids is 1. The quantitative estimate of drug-likeness (QED) is 0.527. The van der Waals surface area contributed by atoms with Crippen molar-refractivity contribution < 1.29 is 35.9 Å². The van der Waals surface area contributed by atoms with Gasteiger partial charge in [-0.05, 0) is 49.1 Å². The fraction of sp³-hybridized carbons (Fsp3) is 0.480. The van der Waals surface area contributed by atoms with Gasteiger partial charge in [0.1, 0.15) is 0 Å².